The minimum atomic E-state index is -4.48. The largest absolute Gasteiger partial charge is 0.433 e. The Hall–Kier alpha value is -2.45. The van der Waals surface area contributed by atoms with Crippen molar-refractivity contribution in [1.29, 1.82) is 0 Å². The van der Waals surface area contributed by atoms with Crippen LogP contribution in [-0.4, -0.2) is 32.8 Å². The molecule has 1 aliphatic heterocycles. The molecule has 1 saturated heterocycles. The second-order valence-electron chi connectivity index (χ2n) is 5.05. The topological polar surface area (TPSA) is 63.9 Å². The number of hydrogen-bond acceptors (Lipinski definition) is 5. The lowest BCUT2D eigenvalue weighted by atomic mass is 10.0. The molecule has 0 aromatic carbocycles. The third-order valence-electron chi connectivity index (χ3n) is 3.39. The lowest BCUT2D eigenvalue weighted by Crippen LogP contribution is -2.50. The van der Waals surface area contributed by atoms with E-state index >= 15 is 0 Å². The van der Waals surface area contributed by atoms with Crippen LogP contribution in [0.5, 0.6) is 0 Å². The summed E-state index contributed by atoms with van der Waals surface area (Å²) in [6.07, 6.45) is -1.86. The highest BCUT2D eigenvalue weighted by molar-refractivity contribution is 5.34. The van der Waals surface area contributed by atoms with Crippen LogP contribution in [0.3, 0.4) is 0 Å². The van der Waals surface area contributed by atoms with Crippen molar-refractivity contribution in [2.24, 2.45) is 5.92 Å². The molecule has 2 aromatic heterocycles. The fraction of sp³-hybridized carbons (Fsp3) is 0.385. The van der Waals surface area contributed by atoms with E-state index in [1.165, 1.54) is 16.9 Å². The number of alkyl halides is 3. The van der Waals surface area contributed by atoms with Crippen LogP contribution in [0.15, 0.2) is 35.4 Å². The summed E-state index contributed by atoms with van der Waals surface area (Å²) in [6, 6.07) is 3.82. The van der Waals surface area contributed by atoms with Gasteiger partial charge in [0.25, 0.3) is 5.56 Å². The predicted molar refractivity (Wildman–Crippen MR) is 71.2 cm³/mol. The minimum Gasteiger partial charge on any atom is -0.340 e. The number of hydrogen-bond donors (Lipinski definition) is 0. The average molecular weight is 311 g/mol. The lowest BCUT2D eigenvalue weighted by Gasteiger charge is -2.39. The molecule has 1 aliphatic rings. The Morgan fingerprint density at radius 3 is 2.68 bits per heavy atom. The van der Waals surface area contributed by atoms with E-state index in [9.17, 15) is 18.0 Å². The highest BCUT2D eigenvalue weighted by atomic mass is 19.4. The number of aromatic nitrogens is 4. The standard InChI is InChI=1S/C13H12F3N5O/c14-13(15,16)10-3-5-17-12(19-10)20-6-9(7-20)8-21-11(22)2-1-4-18-21/h1-5,9H,6-8H2. The van der Waals surface area contributed by atoms with Gasteiger partial charge in [0.05, 0.1) is 6.54 Å². The maximum atomic E-state index is 12.6. The Morgan fingerprint density at radius 2 is 2.00 bits per heavy atom. The molecule has 1 fully saturated rings. The van der Waals surface area contributed by atoms with Gasteiger partial charge in [-0.05, 0) is 12.1 Å². The smallest absolute Gasteiger partial charge is 0.340 e. The first-order valence-electron chi connectivity index (χ1n) is 6.61. The Labute approximate surface area is 123 Å². The molecular formula is C13H12F3N5O. The van der Waals surface area contributed by atoms with Crippen LogP contribution < -0.4 is 10.5 Å². The van der Waals surface area contributed by atoms with Crippen LogP contribution >= 0.6 is 0 Å². The zero-order valence-electron chi connectivity index (χ0n) is 11.4. The number of rotatable bonds is 3. The third kappa shape index (κ3) is 2.92. The second-order valence-corrected chi connectivity index (χ2v) is 5.05. The summed E-state index contributed by atoms with van der Waals surface area (Å²) in [5.41, 5.74) is -1.15. The summed E-state index contributed by atoms with van der Waals surface area (Å²) >= 11 is 0. The second kappa shape index (κ2) is 5.39. The van der Waals surface area contributed by atoms with Crippen LogP contribution in [0.25, 0.3) is 0 Å². The maximum absolute atomic E-state index is 12.6. The van der Waals surface area contributed by atoms with E-state index in [0.29, 0.717) is 19.6 Å². The molecule has 6 nitrogen and oxygen atoms in total. The van der Waals surface area contributed by atoms with Crippen molar-refractivity contribution >= 4 is 5.95 Å². The molecule has 0 spiro atoms. The van der Waals surface area contributed by atoms with E-state index in [2.05, 4.69) is 15.1 Å². The normalized spacial score (nSPS) is 15.7. The van der Waals surface area contributed by atoms with E-state index in [1.54, 1.807) is 11.0 Å². The van der Waals surface area contributed by atoms with Crippen LogP contribution in [0.4, 0.5) is 19.1 Å². The molecule has 3 heterocycles. The van der Waals surface area contributed by atoms with Crippen molar-refractivity contribution in [2.75, 3.05) is 18.0 Å². The Kier molecular flexibility index (Phi) is 3.55. The van der Waals surface area contributed by atoms with Gasteiger partial charge in [-0.3, -0.25) is 4.79 Å². The van der Waals surface area contributed by atoms with Crippen molar-refractivity contribution in [3.05, 3.63) is 46.6 Å². The predicted octanol–water partition coefficient (Wildman–Crippen LogP) is 1.19. The van der Waals surface area contributed by atoms with Gasteiger partial charge >= 0.3 is 6.18 Å². The highest BCUT2D eigenvalue weighted by Crippen LogP contribution is 2.29. The monoisotopic (exact) mass is 311 g/mol. The van der Waals surface area contributed by atoms with Gasteiger partial charge in [-0.1, -0.05) is 0 Å². The molecule has 0 saturated carbocycles. The maximum Gasteiger partial charge on any atom is 0.433 e. The fourth-order valence-corrected chi connectivity index (χ4v) is 2.28. The molecule has 116 valence electrons. The Morgan fingerprint density at radius 1 is 1.23 bits per heavy atom. The van der Waals surface area contributed by atoms with Crippen molar-refractivity contribution in [1.82, 2.24) is 19.7 Å². The average Bonchev–Trinajstić information content (AvgIpc) is 2.43. The van der Waals surface area contributed by atoms with E-state index < -0.39 is 11.9 Å². The van der Waals surface area contributed by atoms with Gasteiger partial charge < -0.3 is 4.90 Å². The zero-order chi connectivity index (χ0) is 15.7. The summed E-state index contributed by atoms with van der Waals surface area (Å²) in [4.78, 5) is 20.6. The molecule has 0 bridgehead atoms. The molecule has 0 unspecified atom stereocenters. The summed E-state index contributed by atoms with van der Waals surface area (Å²) in [5.74, 6) is 0.185. The van der Waals surface area contributed by atoms with Crippen molar-refractivity contribution in [3.63, 3.8) is 0 Å². The van der Waals surface area contributed by atoms with Crippen LogP contribution in [0, 0.1) is 5.92 Å². The zero-order valence-corrected chi connectivity index (χ0v) is 11.4. The molecule has 22 heavy (non-hydrogen) atoms. The number of nitrogens with zero attached hydrogens (tertiary/aromatic N) is 5. The molecule has 9 heteroatoms. The van der Waals surface area contributed by atoms with Gasteiger partial charge in [0.2, 0.25) is 5.95 Å². The molecule has 0 aliphatic carbocycles. The van der Waals surface area contributed by atoms with Crippen LogP contribution in [0.1, 0.15) is 5.69 Å². The number of anilines is 1. The highest BCUT2D eigenvalue weighted by Gasteiger charge is 2.35. The van der Waals surface area contributed by atoms with Crippen molar-refractivity contribution in [3.8, 4) is 0 Å². The molecule has 0 N–H and O–H groups in total. The van der Waals surface area contributed by atoms with Crippen LogP contribution in [0.2, 0.25) is 0 Å². The van der Waals surface area contributed by atoms with E-state index in [0.717, 1.165) is 12.3 Å². The number of halogens is 3. The summed E-state index contributed by atoms with van der Waals surface area (Å²) in [7, 11) is 0. The molecule has 3 rings (SSSR count). The van der Waals surface area contributed by atoms with E-state index in [4.69, 9.17) is 0 Å². The molecule has 0 radical (unpaired) electrons. The van der Waals surface area contributed by atoms with Gasteiger partial charge in [0.15, 0.2) is 0 Å². The quantitative estimate of drug-likeness (QED) is 0.852. The molecule has 2 aromatic rings. The Balaban J connectivity index is 1.64. The molecule has 0 amide bonds. The SMILES string of the molecule is O=c1cccnn1CC1CN(c2nccc(C(F)(F)F)n2)C1. The molecular weight excluding hydrogens is 299 g/mol. The van der Waals surface area contributed by atoms with Gasteiger partial charge in [-0.25, -0.2) is 14.6 Å². The lowest BCUT2D eigenvalue weighted by molar-refractivity contribution is -0.141. The first-order valence-corrected chi connectivity index (χ1v) is 6.61. The third-order valence-corrected chi connectivity index (χ3v) is 3.39. The van der Waals surface area contributed by atoms with Gasteiger partial charge in [0.1, 0.15) is 5.69 Å². The first kappa shape index (κ1) is 14.5. The van der Waals surface area contributed by atoms with Gasteiger partial charge in [-0.15, -0.1) is 0 Å². The van der Waals surface area contributed by atoms with E-state index in [-0.39, 0.29) is 17.4 Å². The fourth-order valence-electron chi connectivity index (χ4n) is 2.28. The van der Waals surface area contributed by atoms with Gasteiger partial charge in [0, 0.05) is 37.5 Å². The van der Waals surface area contributed by atoms with Crippen molar-refractivity contribution < 1.29 is 13.2 Å². The Bertz CT molecular complexity index is 724. The summed E-state index contributed by atoms with van der Waals surface area (Å²) in [6.45, 7) is 1.41. The molecule has 0 atom stereocenters. The van der Waals surface area contributed by atoms with Gasteiger partial charge in [-0.2, -0.15) is 18.3 Å². The van der Waals surface area contributed by atoms with E-state index in [1.807, 2.05) is 0 Å². The van der Waals surface area contributed by atoms with Crippen molar-refractivity contribution in [2.45, 2.75) is 12.7 Å². The summed E-state index contributed by atoms with van der Waals surface area (Å²) in [5, 5.41) is 3.95. The van der Waals surface area contributed by atoms with Crippen LogP contribution in [-0.2, 0) is 12.7 Å². The minimum absolute atomic E-state index is 0.0550. The summed E-state index contributed by atoms with van der Waals surface area (Å²) < 4.78 is 39.2. The first-order chi connectivity index (χ1) is 10.4.